The second kappa shape index (κ2) is 8.66. The van der Waals surface area contributed by atoms with Crippen LogP contribution in [0.1, 0.15) is 52.2 Å². The summed E-state index contributed by atoms with van der Waals surface area (Å²) in [5, 5.41) is 2.98. The molecule has 1 aliphatic heterocycles. The fourth-order valence-corrected chi connectivity index (χ4v) is 3.19. The van der Waals surface area contributed by atoms with Gasteiger partial charge in [0.25, 0.3) is 5.91 Å². The first kappa shape index (κ1) is 18.9. The molecular formula is C21H24N2O4. The topological polar surface area (TPSA) is 79.6 Å². The van der Waals surface area contributed by atoms with Gasteiger partial charge in [-0.2, -0.15) is 0 Å². The van der Waals surface area contributed by atoms with Gasteiger partial charge in [0.2, 0.25) is 5.91 Å². The number of hydrogen-bond acceptors (Lipinski definition) is 4. The number of furan rings is 1. The fraction of sp³-hybridized carbons (Fsp3) is 0.381. The highest BCUT2D eigenvalue weighted by molar-refractivity contribution is 5.98. The van der Waals surface area contributed by atoms with Gasteiger partial charge >= 0.3 is 0 Å². The van der Waals surface area contributed by atoms with Crippen LogP contribution < -0.4 is 5.32 Å². The molecule has 2 aromatic rings. The number of amides is 2. The first-order valence-electron chi connectivity index (χ1n) is 9.25. The van der Waals surface area contributed by atoms with Crippen molar-refractivity contribution in [2.45, 2.75) is 38.6 Å². The highest BCUT2D eigenvalue weighted by atomic mass is 16.3. The number of likely N-dealkylation sites (tertiary alicyclic amines) is 1. The second-order valence-corrected chi connectivity index (χ2v) is 6.90. The molecule has 1 aliphatic rings. The van der Waals surface area contributed by atoms with Gasteiger partial charge < -0.3 is 14.6 Å². The predicted molar refractivity (Wildman–Crippen MR) is 101 cm³/mol. The van der Waals surface area contributed by atoms with E-state index < -0.39 is 0 Å². The Morgan fingerprint density at radius 1 is 1.07 bits per heavy atom. The van der Waals surface area contributed by atoms with Crippen LogP contribution in [0.5, 0.6) is 0 Å². The Balaban J connectivity index is 1.40. The molecular weight excluding hydrogens is 344 g/mol. The molecule has 0 atom stereocenters. The summed E-state index contributed by atoms with van der Waals surface area (Å²) in [5.74, 6) is 0.0795. The lowest BCUT2D eigenvalue weighted by Gasteiger charge is -2.31. The van der Waals surface area contributed by atoms with E-state index >= 15 is 0 Å². The molecule has 0 spiro atoms. The van der Waals surface area contributed by atoms with E-state index in [0.29, 0.717) is 37.3 Å². The minimum Gasteiger partial charge on any atom is -0.459 e. The van der Waals surface area contributed by atoms with Gasteiger partial charge in [0.1, 0.15) is 0 Å². The normalized spacial score (nSPS) is 14.8. The Morgan fingerprint density at radius 2 is 1.78 bits per heavy atom. The van der Waals surface area contributed by atoms with Crippen molar-refractivity contribution in [2.24, 2.45) is 0 Å². The number of ketones is 1. The number of carbonyl (C=O) groups excluding carboxylic acids is 3. The van der Waals surface area contributed by atoms with Gasteiger partial charge in [0, 0.05) is 37.5 Å². The van der Waals surface area contributed by atoms with E-state index in [-0.39, 0.29) is 36.5 Å². The zero-order valence-electron chi connectivity index (χ0n) is 15.4. The van der Waals surface area contributed by atoms with Crippen molar-refractivity contribution in [2.75, 3.05) is 13.1 Å². The van der Waals surface area contributed by atoms with Gasteiger partial charge in [-0.15, -0.1) is 0 Å². The highest BCUT2D eigenvalue weighted by Crippen LogP contribution is 2.15. The van der Waals surface area contributed by atoms with E-state index in [4.69, 9.17) is 4.42 Å². The highest BCUT2D eigenvalue weighted by Gasteiger charge is 2.25. The fourth-order valence-electron chi connectivity index (χ4n) is 3.19. The Labute approximate surface area is 158 Å². The van der Waals surface area contributed by atoms with E-state index in [1.54, 1.807) is 29.2 Å². The lowest BCUT2D eigenvalue weighted by Crippen LogP contribution is -2.46. The van der Waals surface area contributed by atoms with Crippen LogP contribution in [0.3, 0.4) is 0 Å². The molecule has 0 radical (unpaired) electrons. The van der Waals surface area contributed by atoms with Gasteiger partial charge in [-0.1, -0.05) is 29.8 Å². The summed E-state index contributed by atoms with van der Waals surface area (Å²) in [6, 6.07) is 10.8. The second-order valence-electron chi connectivity index (χ2n) is 6.90. The number of nitrogens with zero attached hydrogens (tertiary/aromatic N) is 1. The predicted octanol–water partition coefficient (Wildman–Crippen LogP) is 2.97. The maximum atomic E-state index is 12.2. The van der Waals surface area contributed by atoms with Crippen molar-refractivity contribution < 1.29 is 18.8 Å². The monoisotopic (exact) mass is 368 g/mol. The summed E-state index contributed by atoms with van der Waals surface area (Å²) in [6.07, 6.45) is 3.26. The molecule has 0 bridgehead atoms. The molecule has 1 aromatic heterocycles. The van der Waals surface area contributed by atoms with Crippen molar-refractivity contribution >= 4 is 17.6 Å². The quantitative estimate of drug-likeness (QED) is 0.795. The van der Waals surface area contributed by atoms with E-state index in [1.807, 2.05) is 19.1 Å². The zero-order chi connectivity index (χ0) is 19.2. The van der Waals surface area contributed by atoms with Crippen molar-refractivity contribution in [3.63, 3.8) is 0 Å². The molecule has 6 nitrogen and oxygen atoms in total. The molecule has 1 fully saturated rings. The number of nitrogens with one attached hydrogen (secondary N) is 1. The molecule has 3 rings (SSSR count). The van der Waals surface area contributed by atoms with Gasteiger partial charge in [-0.3, -0.25) is 14.4 Å². The molecule has 6 heteroatoms. The summed E-state index contributed by atoms with van der Waals surface area (Å²) in [6.45, 7) is 3.12. The maximum absolute atomic E-state index is 12.2. The van der Waals surface area contributed by atoms with Crippen molar-refractivity contribution in [3.05, 3.63) is 59.5 Å². The molecule has 142 valence electrons. The van der Waals surface area contributed by atoms with E-state index in [0.717, 1.165) is 5.56 Å². The molecule has 2 heterocycles. The maximum Gasteiger partial charge on any atom is 0.289 e. The number of hydrogen-bond donors (Lipinski definition) is 1. The average Bonchev–Trinajstić information content (AvgIpc) is 3.21. The summed E-state index contributed by atoms with van der Waals surface area (Å²) in [7, 11) is 0. The first-order valence-corrected chi connectivity index (χ1v) is 9.25. The molecule has 0 saturated carbocycles. The number of aryl methyl sites for hydroxylation is 1. The van der Waals surface area contributed by atoms with Crippen LogP contribution in [0.15, 0.2) is 47.1 Å². The molecule has 0 aliphatic carbocycles. The number of benzene rings is 1. The van der Waals surface area contributed by atoms with Crippen molar-refractivity contribution in [3.8, 4) is 0 Å². The number of rotatable bonds is 6. The molecule has 1 N–H and O–H groups in total. The zero-order valence-corrected chi connectivity index (χ0v) is 15.4. The molecule has 27 heavy (non-hydrogen) atoms. The minimum atomic E-state index is -0.119. The van der Waals surface area contributed by atoms with Gasteiger partial charge in [-0.05, 0) is 31.9 Å². The number of piperidine rings is 1. The van der Waals surface area contributed by atoms with Crippen LogP contribution in [0.4, 0.5) is 0 Å². The van der Waals surface area contributed by atoms with Gasteiger partial charge in [-0.25, -0.2) is 0 Å². The van der Waals surface area contributed by atoms with E-state index in [9.17, 15) is 14.4 Å². The largest absolute Gasteiger partial charge is 0.459 e. The van der Waals surface area contributed by atoms with Crippen LogP contribution in [0, 0.1) is 6.92 Å². The van der Waals surface area contributed by atoms with Crippen LogP contribution in [-0.2, 0) is 4.79 Å². The Morgan fingerprint density at radius 3 is 2.41 bits per heavy atom. The lowest BCUT2D eigenvalue weighted by atomic mass is 10.0. The average molecular weight is 368 g/mol. The smallest absolute Gasteiger partial charge is 0.289 e. The van der Waals surface area contributed by atoms with Crippen molar-refractivity contribution in [1.82, 2.24) is 10.2 Å². The van der Waals surface area contributed by atoms with Crippen LogP contribution in [-0.4, -0.2) is 41.6 Å². The van der Waals surface area contributed by atoms with Crippen molar-refractivity contribution in [1.29, 1.82) is 0 Å². The number of carbonyl (C=O) groups is 3. The summed E-state index contributed by atoms with van der Waals surface area (Å²) >= 11 is 0. The molecule has 2 amide bonds. The van der Waals surface area contributed by atoms with E-state index in [1.165, 1.54) is 6.26 Å². The summed E-state index contributed by atoms with van der Waals surface area (Å²) in [4.78, 5) is 38.3. The van der Waals surface area contributed by atoms with Gasteiger partial charge in [0.05, 0.1) is 6.26 Å². The van der Waals surface area contributed by atoms with Gasteiger partial charge in [0.15, 0.2) is 11.5 Å². The van der Waals surface area contributed by atoms with E-state index in [2.05, 4.69) is 5.32 Å². The minimum absolute atomic E-state index is 0.0241. The third-order valence-electron chi connectivity index (χ3n) is 4.83. The third kappa shape index (κ3) is 5.06. The summed E-state index contributed by atoms with van der Waals surface area (Å²) < 4.78 is 5.14. The van der Waals surface area contributed by atoms with Crippen LogP contribution in [0.25, 0.3) is 0 Å². The Hall–Kier alpha value is -2.89. The Bertz CT molecular complexity index is 788. The van der Waals surface area contributed by atoms with Crippen LogP contribution in [0.2, 0.25) is 0 Å². The standard InChI is InChI=1S/C21H24N2O4/c1-15-4-6-16(7-5-15)18(24)8-9-20(25)22-17-10-12-23(13-11-17)21(26)19-3-2-14-27-19/h2-7,14,17H,8-13H2,1H3,(H,22,25). The lowest BCUT2D eigenvalue weighted by molar-refractivity contribution is -0.122. The van der Waals surface area contributed by atoms with Crippen LogP contribution >= 0.6 is 0 Å². The SMILES string of the molecule is Cc1ccc(C(=O)CCC(=O)NC2CCN(C(=O)c3ccco3)CC2)cc1. The molecule has 0 unspecified atom stereocenters. The third-order valence-corrected chi connectivity index (χ3v) is 4.83. The number of Topliss-reactive ketones (excluding diaryl/α,β-unsaturated/α-hetero) is 1. The molecule has 1 saturated heterocycles. The summed E-state index contributed by atoms with van der Waals surface area (Å²) in [5.41, 5.74) is 1.74. The Kier molecular flexibility index (Phi) is 6.06. The first-order chi connectivity index (χ1) is 13.0. The molecule has 1 aromatic carbocycles.